The average molecular weight is 892 g/mol. The van der Waals surface area contributed by atoms with Crippen molar-refractivity contribution in [3.05, 3.63) is 60.8 Å². The number of phosphoric ester groups is 1. The average Bonchev–Trinajstić information content (AvgIpc) is 3.23. The number of quaternary nitrogens is 1. The van der Waals surface area contributed by atoms with Crippen LogP contribution in [-0.2, 0) is 18.4 Å². The van der Waals surface area contributed by atoms with Crippen LogP contribution >= 0.6 is 7.82 Å². The van der Waals surface area contributed by atoms with Gasteiger partial charge in [-0.1, -0.05) is 203 Å². The van der Waals surface area contributed by atoms with Crippen molar-refractivity contribution in [3.63, 3.8) is 0 Å². The molecule has 0 saturated heterocycles. The fraction of sp³-hybridized carbons (Fsp3) is 0.792. The van der Waals surface area contributed by atoms with E-state index in [9.17, 15) is 19.4 Å². The number of nitrogens with zero attached hydrogens (tertiary/aromatic N) is 1. The number of unbranched alkanes of at least 4 members (excludes halogenated alkanes) is 26. The molecular weight excluding hydrogens is 792 g/mol. The van der Waals surface area contributed by atoms with Crippen LogP contribution in [0.3, 0.4) is 0 Å². The summed E-state index contributed by atoms with van der Waals surface area (Å²) in [6.45, 7) is 4.55. The largest absolute Gasteiger partial charge is 0.472 e. The van der Waals surface area contributed by atoms with E-state index in [0.717, 1.165) is 51.4 Å². The van der Waals surface area contributed by atoms with Crippen LogP contribution in [0.2, 0.25) is 0 Å². The topological polar surface area (TPSA) is 105 Å². The summed E-state index contributed by atoms with van der Waals surface area (Å²) in [7, 11) is 1.54. The maximum absolute atomic E-state index is 12.9. The van der Waals surface area contributed by atoms with Gasteiger partial charge in [0.05, 0.1) is 39.9 Å². The molecule has 0 fully saturated rings. The number of likely N-dealkylation sites (N-methyl/N-ethyl adjacent to an activating group) is 1. The predicted molar refractivity (Wildman–Crippen MR) is 267 cm³/mol. The molecule has 3 unspecified atom stereocenters. The van der Waals surface area contributed by atoms with Gasteiger partial charge in [0.2, 0.25) is 5.91 Å². The van der Waals surface area contributed by atoms with Gasteiger partial charge in [-0.15, -0.1) is 0 Å². The van der Waals surface area contributed by atoms with E-state index in [2.05, 4.69) is 54.8 Å². The number of carbonyl (C=O) groups is 1. The first-order valence-corrected chi connectivity index (χ1v) is 27.1. The van der Waals surface area contributed by atoms with Gasteiger partial charge in [0.1, 0.15) is 13.2 Å². The van der Waals surface area contributed by atoms with Gasteiger partial charge in [0.15, 0.2) is 0 Å². The summed E-state index contributed by atoms with van der Waals surface area (Å²) in [6, 6.07) is -0.869. The highest BCUT2D eigenvalue weighted by atomic mass is 31.2. The Morgan fingerprint density at radius 1 is 0.581 bits per heavy atom. The van der Waals surface area contributed by atoms with Crippen molar-refractivity contribution < 1.29 is 32.9 Å². The highest BCUT2D eigenvalue weighted by Gasteiger charge is 2.27. The van der Waals surface area contributed by atoms with Crippen molar-refractivity contribution in [2.24, 2.45) is 0 Å². The van der Waals surface area contributed by atoms with Gasteiger partial charge in [-0.05, 0) is 71.1 Å². The zero-order valence-corrected chi connectivity index (χ0v) is 42.0. The third kappa shape index (κ3) is 46.2. The summed E-state index contributed by atoms with van der Waals surface area (Å²) >= 11 is 0. The van der Waals surface area contributed by atoms with E-state index < -0.39 is 20.0 Å². The molecule has 0 aromatic carbocycles. The fourth-order valence-electron chi connectivity index (χ4n) is 7.23. The smallest absolute Gasteiger partial charge is 0.387 e. The molecule has 0 aliphatic rings. The van der Waals surface area contributed by atoms with Crippen molar-refractivity contribution in [3.8, 4) is 0 Å². The first kappa shape index (κ1) is 60.2. The Bertz CT molecular complexity index is 1190. The molecule has 8 nitrogen and oxygen atoms in total. The lowest BCUT2D eigenvalue weighted by atomic mass is 10.0. The number of hydrogen-bond donors (Lipinski definition) is 3. The molecule has 0 aliphatic heterocycles. The number of aliphatic hydroxyl groups excluding tert-OH is 1. The van der Waals surface area contributed by atoms with Crippen LogP contribution in [0.1, 0.15) is 219 Å². The van der Waals surface area contributed by atoms with Crippen LogP contribution in [0.15, 0.2) is 60.8 Å². The van der Waals surface area contributed by atoms with Gasteiger partial charge in [0, 0.05) is 6.42 Å². The molecule has 0 aromatic rings. The van der Waals surface area contributed by atoms with Gasteiger partial charge in [0.25, 0.3) is 0 Å². The molecule has 0 bridgehead atoms. The predicted octanol–water partition coefficient (Wildman–Crippen LogP) is 15.0. The molecule has 0 spiro atoms. The van der Waals surface area contributed by atoms with Crippen molar-refractivity contribution in [1.82, 2.24) is 5.32 Å². The molecule has 0 aliphatic carbocycles. The van der Waals surface area contributed by atoms with Crippen LogP contribution in [-0.4, -0.2) is 73.4 Å². The second-order valence-corrected chi connectivity index (χ2v) is 20.0. The number of hydrogen-bond acceptors (Lipinski definition) is 5. The Kier molecular flexibility index (Phi) is 43.1. The number of aliphatic hydroxyl groups is 1. The summed E-state index contributed by atoms with van der Waals surface area (Å²) < 4.78 is 23.5. The van der Waals surface area contributed by atoms with Crippen LogP contribution in [0.25, 0.3) is 0 Å². The lowest BCUT2D eigenvalue weighted by Crippen LogP contribution is -2.45. The third-order valence-electron chi connectivity index (χ3n) is 11.3. The van der Waals surface area contributed by atoms with Crippen molar-refractivity contribution in [2.75, 3.05) is 40.9 Å². The van der Waals surface area contributed by atoms with Gasteiger partial charge in [-0.25, -0.2) is 4.57 Å². The normalized spacial score (nSPS) is 14.6. The van der Waals surface area contributed by atoms with Crippen molar-refractivity contribution >= 4 is 13.7 Å². The number of allylic oxidation sites excluding steroid dienone is 9. The highest BCUT2D eigenvalue weighted by Crippen LogP contribution is 2.43. The minimum Gasteiger partial charge on any atom is -0.387 e. The number of carbonyl (C=O) groups excluding carboxylic acids is 1. The quantitative estimate of drug-likeness (QED) is 0.0243. The summed E-state index contributed by atoms with van der Waals surface area (Å²) in [5.41, 5.74) is 0. The second kappa shape index (κ2) is 44.4. The van der Waals surface area contributed by atoms with Crippen molar-refractivity contribution in [1.29, 1.82) is 0 Å². The van der Waals surface area contributed by atoms with E-state index in [4.69, 9.17) is 9.05 Å². The molecule has 362 valence electrons. The first-order valence-electron chi connectivity index (χ1n) is 25.6. The Hall–Kier alpha value is -1.80. The van der Waals surface area contributed by atoms with Gasteiger partial charge in [-0.3, -0.25) is 13.8 Å². The molecule has 0 rings (SSSR count). The molecule has 1 amide bonds. The zero-order valence-electron chi connectivity index (χ0n) is 41.1. The summed E-state index contributed by atoms with van der Waals surface area (Å²) in [6.07, 6.45) is 59.3. The van der Waals surface area contributed by atoms with E-state index >= 15 is 0 Å². The fourth-order valence-corrected chi connectivity index (χ4v) is 7.96. The van der Waals surface area contributed by atoms with Crippen LogP contribution in [0.4, 0.5) is 0 Å². The maximum atomic E-state index is 12.9. The minimum absolute atomic E-state index is 0.0517. The zero-order chi connectivity index (χ0) is 45.7. The monoisotopic (exact) mass is 892 g/mol. The second-order valence-electron chi connectivity index (χ2n) is 18.5. The number of amides is 1. The SMILES string of the molecule is C/C=C/CC/C=C/CC/C=C/C(O)C(COP(=O)(O)OCC[N+](C)(C)C)NC(=O)CCCCCCCCCCCCCCCCC/C=C\C/C=C\CCCCCCCCCCC. The number of phosphoric acid groups is 1. The molecule has 0 saturated carbocycles. The van der Waals surface area contributed by atoms with Crippen LogP contribution in [0.5, 0.6) is 0 Å². The molecule has 0 heterocycles. The molecule has 3 atom stereocenters. The third-order valence-corrected chi connectivity index (χ3v) is 12.3. The Morgan fingerprint density at radius 2 is 1.00 bits per heavy atom. The van der Waals surface area contributed by atoms with Crippen molar-refractivity contribution in [2.45, 2.75) is 231 Å². The van der Waals surface area contributed by atoms with E-state index in [1.165, 1.54) is 148 Å². The van der Waals surface area contributed by atoms with E-state index in [0.29, 0.717) is 17.4 Å². The molecule has 0 radical (unpaired) electrons. The molecule has 9 heteroatoms. The lowest BCUT2D eigenvalue weighted by Gasteiger charge is -2.25. The van der Waals surface area contributed by atoms with Crippen LogP contribution in [0, 0.1) is 0 Å². The van der Waals surface area contributed by atoms with E-state index in [1.807, 2.05) is 40.2 Å². The molecular formula is C53H100N2O6P+. The highest BCUT2D eigenvalue weighted by molar-refractivity contribution is 7.47. The Balaban J connectivity index is 4.01. The molecule has 3 N–H and O–H groups in total. The van der Waals surface area contributed by atoms with Gasteiger partial charge in [-0.2, -0.15) is 0 Å². The summed E-state index contributed by atoms with van der Waals surface area (Å²) in [5.74, 6) is -0.195. The van der Waals surface area contributed by atoms with E-state index in [1.54, 1.807) is 6.08 Å². The lowest BCUT2D eigenvalue weighted by molar-refractivity contribution is -0.870. The number of rotatable bonds is 46. The summed E-state index contributed by atoms with van der Waals surface area (Å²) in [5, 5.41) is 13.7. The summed E-state index contributed by atoms with van der Waals surface area (Å²) in [4.78, 5) is 23.1. The van der Waals surface area contributed by atoms with Gasteiger partial charge >= 0.3 is 7.82 Å². The Morgan fingerprint density at radius 3 is 1.47 bits per heavy atom. The minimum atomic E-state index is -4.35. The standard InChI is InChI=1S/C53H99N2O6P/c1-6-8-10-12-14-16-17-18-19-20-21-22-23-24-25-26-27-28-29-30-31-32-33-34-35-36-37-39-41-43-45-47-53(57)54-51(50-61-62(58,59)60-49-48-55(3,4)5)52(56)46-44-42-40-38-15-13-11-9-7-2/h7,9,15,21-22,24-25,38,44,46,51-52,56H,6,8,10-14,16-20,23,26-37,39-43,45,47-50H2,1-5H3,(H-,54,57,58,59)/p+1/b9-7+,22-21-,25-24-,38-15+,46-44+. The van der Waals surface area contributed by atoms with E-state index in [-0.39, 0.29) is 19.1 Å². The molecule has 62 heavy (non-hydrogen) atoms. The first-order chi connectivity index (χ1) is 30.0. The van der Waals surface area contributed by atoms with Gasteiger partial charge < -0.3 is 19.8 Å². The Labute approximate surface area is 383 Å². The molecule has 0 aromatic heterocycles. The number of nitrogens with one attached hydrogen (secondary N) is 1. The van der Waals surface area contributed by atoms with Crippen LogP contribution < -0.4 is 5.32 Å². The maximum Gasteiger partial charge on any atom is 0.472 e.